The molecule has 1 atom stereocenters. The number of carbonyl (C=O) groups excluding carboxylic acids is 1. The van der Waals surface area contributed by atoms with Crippen molar-refractivity contribution in [1.82, 2.24) is 15.5 Å². The summed E-state index contributed by atoms with van der Waals surface area (Å²) in [6.45, 7) is 7.91. The first kappa shape index (κ1) is 24.1. The Hall–Kier alpha value is -0.960. The second-order valence-corrected chi connectivity index (χ2v) is 7.96. The smallest absolute Gasteiger partial charge is 0.251 e. The quantitative estimate of drug-likeness (QED) is 0.257. The summed E-state index contributed by atoms with van der Waals surface area (Å²) in [6, 6.07) is 7.81. The van der Waals surface area contributed by atoms with Gasteiger partial charge in [-0.05, 0) is 30.5 Å². The average molecular weight is 504 g/mol. The number of benzene rings is 1. The number of halogens is 1. The number of nitrogens with zero attached hydrogens (tertiary/aromatic N) is 2. The molecule has 27 heavy (non-hydrogen) atoms. The van der Waals surface area contributed by atoms with Gasteiger partial charge in [-0.1, -0.05) is 32.4 Å². The van der Waals surface area contributed by atoms with Crippen molar-refractivity contribution in [3.05, 3.63) is 35.4 Å². The highest BCUT2D eigenvalue weighted by atomic mass is 127. The standard InChI is InChI=1S/C20H32N4OS.HI/c1-4-6-11-22-19(25)17-9-7-16(8-10-17)14-23-20(21-3)24-12-13-26-18(5-2)15-24;/h7-10,18H,4-6,11-15H2,1-3H3,(H,21,23)(H,22,25);1H. The molecule has 1 aromatic rings. The van der Waals surface area contributed by atoms with Crippen molar-refractivity contribution in [2.24, 2.45) is 4.99 Å². The fourth-order valence-corrected chi connectivity index (χ4v) is 4.11. The predicted molar refractivity (Wildman–Crippen MR) is 127 cm³/mol. The van der Waals surface area contributed by atoms with Gasteiger partial charge in [-0.2, -0.15) is 11.8 Å². The monoisotopic (exact) mass is 504 g/mol. The van der Waals surface area contributed by atoms with Crippen molar-refractivity contribution < 1.29 is 4.79 Å². The van der Waals surface area contributed by atoms with Gasteiger partial charge in [0.1, 0.15) is 0 Å². The highest BCUT2D eigenvalue weighted by molar-refractivity contribution is 14.0. The molecule has 0 saturated carbocycles. The Morgan fingerprint density at radius 3 is 2.63 bits per heavy atom. The molecule has 0 aliphatic carbocycles. The van der Waals surface area contributed by atoms with Gasteiger partial charge in [-0.15, -0.1) is 24.0 Å². The molecule has 1 heterocycles. The number of unbranched alkanes of at least 4 members (excludes halogenated alkanes) is 1. The van der Waals surface area contributed by atoms with Crippen molar-refractivity contribution in [2.75, 3.05) is 32.4 Å². The summed E-state index contributed by atoms with van der Waals surface area (Å²) in [5, 5.41) is 7.09. The number of carbonyl (C=O) groups is 1. The fraction of sp³-hybridized carbons (Fsp3) is 0.600. The molecule has 152 valence electrons. The van der Waals surface area contributed by atoms with Crippen molar-refractivity contribution >= 4 is 47.6 Å². The van der Waals surface area contributed by atoms with E-state index in [0.717, 1.165) is 49.8 Å². The van der Waals surface area contributed by atoms with Crippen LogP contribution in [-0.4, -0.2) is 54.5 Å². The van der Waals surface area contributed by atoms with Gasteiger partial charge in [0.2, 0.25) is 0 Å². The minimum Gasteiger partial charge on any atom is -0.352 e. The van der Waals surface area contributed by atoms with Crippen LogP contribution in [0.15, 0.2) is 29.3 Å². The third-order valence-electron chi connectivity index (χ3n) is 4.59. The van der Waals surface area contributed by atoms with E-state index < -0.39 is 0 Å². The van der Waals surface area contributed by atoms with Gasteiger partial charge in [0.25, 0.3) is 5.91 Å². The summed E-state index contributed by atoms with van der Waals surface area (Å²) >= 11 is 2.06. The van der Waals surface area contributed by atoms with Crippen LogP contribution in [-0.2, 0) is 6.54 Å². The topological polar surface area (TPSA) is 56.7 Å². The number of rotatable bonds is 7. The lowest BCUT2D eigenvalue weighted by molar-refractivity contribution is 0.0953. The van der Waals surface area contributed by atoms with Crippen LogP contribution in [0.2, 0.25) is 0 Å². The Labute approximate surface area is 185 Å². The van der Waals surface area contributed by atoms with Crippen LogP contribution in [0.1, 0.15) is 49.0 Å². The maximum atomic E-state index is 12.1. The van der Waals surface area contributed by atoms with Crippen molar-refractivity contribution in [3.63, 3.8) is 0 Å². The summed E-state index contributed by atoms with van der Waals surface area (Å²) in [4.78, 5) is 18.8. The van der Waals surface area contributed by atoms with Gasteiger partial charge >= 0.3 is 0 Å². The molecule has 2 N–H and O–H groups in total. The number of amides is 1. The second kappa shape index (κ2) is 13.3. The van der Waals surface area contributed by atoms with E-state index >= 15 is 0 Å². The first-order chi connectivity index (χ1) is 12.7. The molecule has 1 saturated heterocycles. The normalized spacial score (nSPS) is 17.2. The number of aliphatic imine (C=N–C) groups is 1. The Balaban J connectivity index is 0.00000364. The van der Waals surface area contributed by atoms with Crippen LogP contribution < -0.4 is 10.6 Å². The van der Waals surface area contributed by atoms with Gasteiger partial charge < -0.3 is 15.5 Å². The van der Waals surface area contributed by atoms with Crippen LogP contribution in [0, 0.1) is 0 Å². The number of hydrogen-bond acceptors (Lipinski definition) is 3. The van der Waals surface area contributed by atoms with Crippen LogP contribution in [0.3, 0.4) is 0 Å². The van der Waals surface area contributed by atoms with Gasteiger partial charge in [-0.25, -0.2) is 0 Å². The van der Waals surface area contributed by atoms with Crippen molar-refractivity contribution in [1.29, 1.82) is 0 Å². The Morgan fingerprint density at radius 1 is 1.26 bits per heavy atom. The average Bonchev–Trinajstić information content (AvgIpc) is 2.69. The van der Waals surface area contributed by atoms with E-state index in [1.54, 1.807) is 0 Å². The molecule has 0 spiro atoms. The van der Waals surface area contributed by atoms with E-state index in [1.165, 1.54) is 6.42 Å². The zero-order valence-electron chi connectivity index (χ0n) is 16.7. The molecule has 0 radical (unpaired) electrons. The van der Waals surface area contributed by atoms with E-state index in [2.05, 4.69) is 46.1 Å². The van der Waals surface area contributed by atoms with Crippen LogP contribution in [0.4, 0.5) is 0 Å². The molecule has 1 amide bonds. The highest BCUT2D eigenvalue weighted by Crippen LogP contribution is 2.21. The second-order valence-electron chi connectivity index (χ2n) is 6.55. The number of thioether (sulfide) groups is 1. The maximum Gasteiger partial charge on any atom is 0.251 e. The minimum absolute atomic E-state index is 0. The molecular formula is C20H33IN4OS. The predicted octanol–water partition coefficient (Wildman–Crippen LogP) is 3.74. The van der Waals surface area contributed by atoms with Crippen LogP contribution >= 0.6 is 35.7 Å². The van der Waals surface area contributed by atoms with E-state index in [0.29, 0.717) is 17.4 Å². The first-order valence-corrected chi connectivity index (χ1v) is 10.7. The summed E-state index contributed by atoms with van der Waals surface area (Å²) < 4.78 is 0. The SMILES string of the molecule is CCCCNC(=O)c1ccc(CNC(=NC)N2CCSC(CC)C2)cc1.I. The molecule has 1 aliphatic rings. The number of hydrogen-bond donors (Lipinski definition) is 2. The van der Waals surface area contributed by atoms with Crippen LogP contribution in [0.5, 0.6) is 0 Å². The molecule has 2 rings (SSSR count). The third kappa shape index (κ3) is 7.89. The number of guanidine groups is 1. The fourth-order valence-electron chi connectivity index (χ4n) is 2.93. The molecule has 1 aromatic carbocycles. The van der Waals surface area contributed by atoms with Crippen molar-refractivity contribution in [3.8, 4) is 0 Å². The van der Waals surface area contributed by atoms with E-state index in [4.69, 9.17) is 0 Å². The van der Waals surface area contributed by atoms with E-state index in [-0.39, 0.29) is 29.9 Å². The lowest BCUT2D eigenvalue weighted by Crippen LogP contribution is -2.47. The lowest BCUT2D eigenvalue weighted by atomic mass is 10.1. The largest absolute Gasteiger partial charge is 0.352 e. The van der Waals surface area contributed by atoms with Crippen molar-refractivity contribution in [2.45, 2.75) is 44.9 Å². The summed E-state index contributed by atoms with van der Waals surface area (Å²) in [7, 11) is 1.84. The molecule has 7 heteroatoms. The Bertz CT molecular complexity index is 594. The summed E-state index contributed by atoms with van der Waals surface area (Å²) in [5.74, 6) is 2.12. The molecule has 1 unspecified atom stereocenters. The first-order valence-electron chi connectivity index (χ1n) is 9.62. The molecule has 1 fully saturated rings. The minimum atomic E-state index is 0. The van der Waals surface area contributed by atoms with Gasteiger partial charge in [-0.3, -0.25) is 9.79 Å². The third-order valence-corrected chi connectivity index (χ3v) is 5.96. The molecule has 0 aromatic heterocycles. The van der Waals surface area contributed by atoms with E-state index in [1.807, 2.05) is 31.3 Å². The molecule has 5 nitrogen and oxygen atoms in total. The molecular weight excluding hydrogens is 471 g/mol. The zero-order valence-corrected chi connectivity index (χ0v) is 19.8. The Morgan fingerprint density at radius 2 is 2.00 bits per heavy atom. The number of nitrogens with one attached hydrogen (secondary N) is 2. The van der Waals surface area contributed by atoms with Gasteiger partial charge in [0, 0.05) is 49.8 Å². The Kier molecular flexibility index (Phi) is 11.8. The van der Waals surface area contributed by atoms with Gasteiger partial charge in [0.05, 0.1) is 0 Å². The maximum absolute atomic E-state index is 12.1. The molecule has 1 aliphatic heterocycles. The summed E-state index contributed by atoms with van der Waals surface area (Å²) in [6.07, 6.45) is 3.29. The highest BCUT2D eigenvalue weighted by Gasteiger charge is 2.21. The molecule has 0 bridgehead atoms. The summed E-state index contributed by atoms with van der Waals surface area (Å²) in [5.41, 5.74) is 1.86. The lowest BCUT2D eigenvalue weighted by Gasteiger charge is -2.34. The zero-order chi connectivity index (χ0) is 18.8. The van der Waals surface area contributed by atoms with Crippen LogP contribution in [0.25, 0.3) is 0 Å². The van der Waals surface area contributed by atoms with E-state index in [9.17, 15) is 4.79 Å². The van der Waals surface area contributed by atoms with Gasteiger partial charge in [0.15, 0.2) is 5.96 Å².